The molecule has 2 amide bonds. The van der Waals surface area contributed by atoms with Crippen LogP contribution in [0.2, 0.25) is 4.34 Å². The van der Waals surface area contributed by atoms with E-state index in [2.05, 4.69) is 29.4 Å². The maximum Gasteiger partial charge on any atom is 0.315 e. The minimum absolute atomic E-state index is 0.00671. The van der Waals surface area contributed by atoms with Crippen LogP contribution in [0.3, 0.4) is 0 Å². The minimum Gasteiger partial charge on any atom is -0.336 e. The van der Waals surface area contributed by atoms with Gasteiger partial charge in [-0.3, -0.25) is 4.90 Å². The van der Waals surface area contributed by atoms with Crippen LogP contribution in [-0.2, 0) is 0 Å². The van der Waals surface area contributed by atoms with Gasteiger partial charge < -0.3 is 10.6 Å². The summed E-state index contributed by atoms with van der Waals surface area (Å²) in [5.74, 6) is 0. The largest absolute Gasteiger partial charge is 0.336 e. The summed E-state index contributed by atoms with van der Waals surface area (Å²) in [4.78, 5) is 15.6. The third-order valence-electron chi connectivity index (χ3n) is 4.26. The molecule has 2 heterocycles. The third-order valence-corrected chi connectivity index (χ3v) is 5.68. The summed E-state index contributed by atoms with van der Waals surface area (Å²) in [6.45, 7) is 9.26. The van der Waals surface area contributed by atoms with Gasteiger partial charge in [0.05, 0.1) is 10.4 Å². The zero-order valence-corrected chi connectivity index (χ0v) is 15.2. The first-order chi connectivity index (χ1) is 10.4. The summed E-state index contributed by atoms with van der Waals surface area (Å²) in [5, 5.41) is 5.98. The molecule has 2 rings (SSSR count). The van der Waals surface area contributed by atoms with Crippen LogP contribution in [0.25, 0.3) is 0 Å². The Labute approximate surface area is 142 Å². The number of hydrogen-bond acceptors (Lipinski definition) is 3. The molecule has 6 heteroatoms. The van der Waals surface area contributed by atoms with E-state index in [1.165, 1.54) is 30.6 Å². The Morgan fingerprint density at radius 2 is 2.05 bits per heavy atom. The van der Waals surface area contributed by atoms with Gasteiger partial charge in [-0.1, -0.05) is 18.0 Å². The van der Waals surface area contributed by atoms with Gasteiger partial charge in [0.25, 0.3) is 0 Å². The molecule has 2 N–H and O–H groups in total. The normalized spacial score (nSPS) is 18.0. The van der Waals surface area contributed by atoms with E-state index in [9.17, 15) is 4.79 Å². The summed E-state index contributed by atoms with van der Waals surface area (Å²) in [6.07, 6.45) is 3.83. The van der Waals surface area contributed by atoms with Crippen LogP contribution >= 0.6 is 22.9 Å². The Hall–Kier alpha value is -0.780. The van der Waals surface area contributed by atoms with Crippen molar-refractivity contribution in [2.24, 2.45) is 0 Å². The molecule has 124 valence electrons. The number of piperidine rings is 1. The lowest BCUT2D eigenvalue weighted by Gasteiger charge is -2.41. The highest BCUT2D eigenvalue weighted by molar-refractivity contribution is 7.16. The molecule has 0 aromatic carbocycles. The fourth-order valence-corrected chi connectivity index (χ4v) is 3.85. The molecule has 1 aromatic rings. The monoisotopic (exact) mass is 343 g/mol. The highest BCUT2D eigenvalue weighted by Gasteiger charge is 2.28. The first-order valence-corrected chi connectivity index (χ1v) is 9.12. The second-order valence-electron chi connectivity index (χ2n) is 6.55. The molecule has 1 saturated heterocycles. The number of likely N-dealkylation sites (tertiary alicyclic amines) is 1. The summed E-state index contributed by atoms with van der Waals surface area (Å²) >= 11 is 7.43. The van der Waals surface area contributed by atoms with E-state index in [1.54, 1.807) is 0 Å². The van der Waals surface area contributed by atoms with Gasteiger partial charge in [-0.05, 0) is 58.8 Å². The van der Waals surface area contributed by atoms with Gasteiger partial charge in [0.1, 0.15) is 0 Å². The topological polar surface area (TPSA) is 44.4 Å². The average Bonchev–Trinajstić information content (AvgIpc) is 2.93. The fourth-order valence-electron chi connectivity index (χ4n) is 2.79. The summed E-state index contributed by atoms with van der Waals surface area (Å²) < 4.78 is 0.746. The smallest absolute Gasteiger partial charge is 0.315 e. The fraction of sp³-hybridized carbons (Fsp3) is 0.688. The molecule has 1 aliphatic heterocycles. The van der Waals surface area contributed by atoms with E-state index in [0.717, 1.165) is 22.3 Å². The van der Waals surface area contributed by atoms with Crippen molar-refractivity contribution >= 4 is 29.0 Å². The predicted molar refractivity (Wildman–Crippen MR) is 93.8 cm³/mol. The Balaban J connectivity index is 1.79. The van der Waals surface area contributed by atoms with Crippen molar-refractivity contribution in [2.75, 3.05) is 19.6 Å². The zero-order chi connectivity index (χ0) is 16.2. The molecule has 1 atom stereocenters. The molecule has 22 heavy (non-hydrogen) atoms. The van der Waals surface area contributed by atoms with Gasteiger partial charge in [-0.15, -0.1) is 11.3 Å². The number of nitrogens with one attached hydrogen (secondary N) is 2. The summed E-state index contributed by atoms with van der Waals surface area (Å²) in [5.41, 5.74) is -0.00671. The third kappa shape index (κ3) is 4.86. The molecule has 0 spiro atoms. The lowest BCUT2D eigenvalue weighted by Crippen LogP contribution is -2.54. The SMILES string of the molecule is CC(NC(=O)NCC(C)(C)N1CCCCC1)c1ccc(Cl)s1. The lowest BCUT2D eigenvalue weighted by atomic mass is 9.98. The van der Waals surface area contributed by atoms with Crippen LogP contribution in [0, 0.1) is 0 Å². The molecule has 1 aliphatic rings. The number of carbonyl (C=O) groups is 1. The van der Waals surface area contributed by atoms with Crippen molar-refractivity contribution in [1.82, 2.24) is 15.5 Å². The second kappa shape index (κ2) is 7.66. The summed E-state index contributed by atoms with van der Waals surface area (Å²) in [6, 6.07) is 3.66. The molecule has 0 aliphatic carbocycles. The van der Waals surface area contributed by atoms with Crippen LogP contribution < -0.4 is 10.6 Å². The van der Waals surface area contributed by atoms with Crippen LogP contribution in [0.1, 0.15) is 51.0 Å². The number of thiophene rings is 1. The maximum atomic E-state index is 12.1. The number of rotatable bonds is 5. The van der Waals surface area contributed by atoms with Gasteiger partial charge in [-0.25, -0.2) is 4.79 Å². The Morgan fingerprint density at radius 3 is 2.64 bits per heavy atom. The van der Waals surface area contributed by atoms with Crippen molar-refractivity contribution in [1.29, 1.82) is 0 Å². The molecule has 0 bridgehead atoms. The van der Waals surface area contributed by atoms with Gasteiger partial charge >= 0.3 is 6.03 Å². The Morgan fingerprint density at radius 1 is 1.36 bits per heavy atom. The van der Waals surface area contributed by atoms with Crippen LogP contribution in [0.15, 0.2) is 12.1 Å². The minimum atomic E-state index is -0.123. The van der Waals surface area contributed by atoms with Crippen LogP contribution in [0.4, 0.5) is 4.79 Å². The molecule has 0 saturated carbocycles. The van der Waals surface area contributed by atoms with Gasteiger partial charge in [-0.2, -0.15) is 0 Å². The van der Waals surface area contributed by atoms with Crippen LogP contribution in [0.5, 0.6) is 0 Å². The van der Waals surface area contributed by atoms with Gasteiger partial charge in [0, 0.05) is 17.0 Å². The average molecular weight is 344 g/mol. The Bertz CT molecular complexity index is 497. The highest BCUT2D eigenvalue weighted by Crippen LogP contribution is 2.26. The second-order valence-corrected chi connectivity index (χ2v) is 8.30. The quantitative estimate of drug-likeness (QED) is 0.847. The van der Waals surface area contributed by atoms with E-state index >= 15 is 0 Å². The number of urea groups is 1. The lowest BCUT2D eigenvalue weighted by molar-refractivity contribution is 0.0959. The number of hydrogen-bond donors (Lipinski definition) is 2. The molecule has 0 radical (unpaired) electrons. The molecule has 1 fully saturated rings. The molecular weight excluding hydrogens is 318 g/mol. The van der Waals surface area contributed by atoms with E-state index in [1.807, 2.05) is 19.1 Å². The van der Waals surface area contributed by atoms with Gasteiger partial charge in [0.2, 0.25) is 0 Å². The van der Waals surface area contributed by atoms with Crippen molar-refractivity contribution in [2.45, 2.75) is 51.6 Å². The molecular formula is C16H26ClN3OS. The first-order valence-electron chi connectivity index (χ1n) is 7.93. The van der Waals surface area contributed by atoms with E-state index < -0.39 is 0 Å². The highest BCUT2D eigenvalue weighted by atomic mass is 35.5. The van der Waals surface area contributed by atoms with Gasteiger partial charge in [0.15, 0.2) is 0 Å². The first kappa shape index (κ1) is 17.6. The number of carbonyl (C=O) groups excluding carboxylic acids is 1. The van der Waals surface area contributed by atoms with E-state index in [0.29, 0.717) is 6.54 Å². The molecule has 4 nitrogen and oxygen atoms in total. The van der Waals surface area contributed by atoms with Crippen molar-refractivity contribution < 1.29 is 4.79 Å². The maximum absolute atomic E-state index is 12.1. The Kier molecular flexibility index (Phi) is 6.12. The number of nitrogens with zero attached hydrogens (tertiary/aromatic N) is 1. The van der Waals surface area contributed by atoms with E-state index in [4.69, 9.17) is 11.6 Å². The summed E-state index contributed by atoms with van der Waals surface area (Å²) in [7, 11) is 0. The van der Waals surface area contributed by atoms with Crippen molar-refractivity contribution in [3.8, 4) is 0 Å². The predicted octanol–water partition coefficient (Wildman–Crippen LogP) is 4.03. The standard InChI is InChI=1S/C16H26ClN3OS/c1-12(13-7-8-14(17)22-13)19-15(21)18-11-16(2,3)20-9-5-4-6-10-20/h7-8,12H,4-6,9-11H2,1-3H3,(H2,18,19,21). The van der Waals surface area contributed by atoms with Crippen LogP contribution in [-0.4, -0.2) is 36.1 Å². The van der Waals surface area contributed by atoms with Crippen molar-refractivity contribution in [3.63, 3.8) is 0 Å². The van der Waals surface area contributed by atoms with Crippen molar-refractivity contribution in [3.05, 3.63) is 21.3 Å². The number of halogens is 1. The molecule has 1 aromatic heterocycles. The molecule has 1 unspecified atom stereocenters. The number of amides is 2. The van der Waals surface area contributed by atoms with E-state index in [-0.39, 0.29) is 17.6 Å². The zero-order valence-electron chi connectivity index (χ0n) is 13.6.